The first-order valence-corrected chi connectivity index (χ1v) is 12.7. The summed E-state index contributed by atoms with van der Waals surface area (Å²) in [7, 11) is 1.48. The van der Waals surface area contributed by atoms with Gasteiger partial charge in [0.05, 0.1) is 31.1 Å². The molecule has 4 N–H and O–H groups in total. The molecule has 0 fully saturated rings. The molecular formula is C27H31F3N6O4. The Kier molecular flexibility index (Phi) is 10.1. The van der Waals surface area contributed by atoms with E-state index in [2.05, 4.69) is 35.8 Å². The molecule has 0 unspecified atom stereocenters. The number of hydrogen-bond donors (Lipinski definition) is 4. The lowest BCUT2D eigenvalue weighted by molar-refractivity contribution is -0.274. The van der Waals surface area contributed by atoms with Gasteiger partial charge in [-0.1, -0.05) is 6.07 Å². The highest BCUT2D eigenvalue weighted by molar-refractivity contribution is 5.95. The van der Waals surface area contributed by atoms with E-state index in [-0.39, 0.29) is 17.9 Å². The van der Waals surface area contributed by atoms with E-state index >= 15 is 0 Å². The van der Waals surface area contributed by atoms with Crippen LogP contribution in [-0.4, -0.2) is 60.2 Å². The number of fused-ring (bicyclic) bond motifs is 1. The molecule has 0 saturated heterocycles. The number of rotatable bonds is 15. The molecule has 0 spiro atoms. The summed E-state index contributed by atoms with van der Waals surface area (Å²) in [5.41, 5.74) is 4.25. The second kappa shape index (κ2) is 13.9. The normalized spacial score (nSPS) is 11.7. The number of benzene rings is 2. The number of aromatic amines is 2. The van der Waals surface area contributed by atoms with Crippen molar-refractivity contribution in [3.8, 4) is 16.9 Å². The van der Waals surface area contributed by atoms with Crippen molar-refractivity contribution in [1.82, 2.24) is 25.7 Å². The number of nitrogens with one attached hydrogen (secondary N) is 4. The van der Waals surface area contributed by atoms with Crippen LogP contribution in [0.5, 0.6) is 5.75 Å². The monoisotopic (exact) mass is 560 g/mol. The molecule has 4 rings (SSSR count). The van der Waals surface area contributed by atoms with Gasteiger partial charge in [0.25, 0.3) is 5.56 Å². The second-order valence-electron chi connectivity index (χ2n) is 9.08. The lowest BCUT2D eigenvalue weighted by Crippen LogP contribution is -2.18. The molecule has 2 aromatic heterocycles. The van der Waals surface area contributed by atoms with Crippen molar-refractivity contribution in [2.75, 3.05) is 38.7 Å². The van der Waals surface area contributed by atoms with Crippen LogP contribution in [0.15, 0.2) is 53.6 Å². The molecule has 0 bridgehead atoms. The number of ether oxygens (including phenoxy) is 3. The Morgan fingerprint density at radius 3 is 2.52 bits per heavy atom. The van der Waals surface area contributed by atoms with E-state index in [0.29, 0.717) is 49.5 Å². The van der Waals surface area contributed by atoms with E-state index in [1.807, 2.05) is 12.1 Å². The number of H-pyrrole nitrogens is 2. The van der Waals surface area contributed by atoms with E-state index in [1.165, 1.54) is 25.3 Å². The topological polar surface area (TPSA) is 126 Å². The van der Waals surface area contributed by atoms with Crippen molar-refractivity contribution in [2.24, 2.45) is 0 Å². The van der Waals surface area contributed by atoms with Crippen LogP contribution < -0.4 is 20.9 Å². The van der Waals surface area contributed by atoms with Gasteiger partial charge in [-0.25, -0.2) is 5.10 Å². The average Bonchev–Trinajstić information content (AvgIpc) is 3.38. The third-order valence-corrected chi connectivity index (χ3v) is 5.91. The quantitative estimate of drug-likeness (QED) is 0.158. The van der Waals surface area contributed by atoms with Crippen LogP contribution in [-0.2, 0) is 22.6 Å². The van der Waals surface area contributed by atoms with Crippen LogP contribution in [0.1, 0.15) is 24.0 Å². The highest BCUT2D eigenvalue weighted by Crippen LogP contribution is 2.29. The SMILES string of the molecule is COCc1cc(CNCCCCOCCNc2cc(-c3cn[nH]c(=O)c3)cc3[nH]ncc23)cc(OC(F)(F)F)c1. The number of methoxy groups -OCH3 is 1. The molecule has 0 aliphatic heterocycles. The van der Waals surface area contributed by atoms with Gasteiger partial charge in [-0.15, -0.1) is 13.2 Å². The maximum absolute atomic E-state index is 12.6. The minimum Gasteiger partial charge on any atom is -0.406 e. The van der Waals surface area contributed by atoms with Gasteiger partial charge < -0.3 is 24.8 Å². The van der Waals surface area contributed by atoms with E-state index in [4.69, 9.17) is 9.47 Å². The van der Waals surface area contributed by atoms with Gasteiger partial charge in [0.15, 0.2) is 0 Å². The largest absolute Gasteiger partial charge is 0.573 e. The number of aromatic nitrogens is 4. The van der Waals surface area contributed by atoms with Gasteiger partial charge in [0, 0.05) is 49.5 Å². The summed E-state index contributed by atoms with van der Waals surface area (Å²) in [6.07, 6.45) is 0.264. The summed E-state index contributed by atoms with van der Waals surface area (Å²) < 4.78 is 52.7. The first kappa shape index (κ1) is 29.1. The first-order chi connectivity index (χ1) is 19.3. The molecule has 2 heterocycles. The smallest absolute Gasteiger partial charge is 0.406 e. The Morgan fingerprint density at radius 1 is 0.900 bits per heavy atom. The minimum absolute atomic E-state index is 0.193. The molecule has 214 valence electrons. The van der Waals surface area contributed by atoms with E-state index in [9.17, 15) is 18.0 Å². The molecular weight excluding hydrogens is 529 g/mol. The predicted molar refractivity (Wildman–Crippen MR) is 144 cm³/mol. The highest BCUT2D eigenvalue weighted by atomic mass is 19.4. The van der Waals surface area contributed by atoms with Crippen molar-refractivity contribution in [1.29, 1.82) is 0 Å². The summed E-state index contributed by atoms with van der Waals surface area (Å²) >= 11 is 0. The Bertz CT molecular complexity index is 1440. The molecule has 0 atom stereocenters. The molecule has 4 aromatic rings. The molecule has 0 amide bonds. The lowest BCUT2D eigenvalue weighted by atomic mass is 10.1. The highest BCUT2D eigenvalue weighted by Gasteiger charge is 2.31. The van der Waals surface area contributed by atoms with Crippen molar-refractivity contribution < 1.29 is 27.4 Å². The molecule has 0 saturated carbocycles. The van der Waals surface area contributed by atoms with Crippen molar-refractivity contribution in [3.05, 3.63) is 70.3 Å². The lowest BCUT2D eigenvalue weighted by Gasteiger charge is -2.13. The average molecular weight is 561 g/mol. The summed E-state index contributed by atoms with van der Waals surface area (Å²) in [5.74, 6) is -0.256. The predicted octanol–water partition coefficient (Wildman–Crippen LogP) is 4.36. The number of alkyl halides is 3. The third-order valence-electron chi connectivity index (χ3n) is 5.91. The first-order valence-electron chi connectivity index (χ1n) is 12.7. The zero-order valence-electron chi connectivity index (χ0n) is 21.9. The van der Waals surface area contributed by atoms with Gasteiger partial charge >= 0.3 is 6.36 Å². The van der Waals surface area contributed by atoms with Crippen LogP contribution in [0.2, 0.25) is 0 Å². The van der Waals surface area contributed by atoms with Gasteiger partial charge in [-0.3, -0.25) is 9.89 Å². The number of halogens is 3. The Balaban J connectivity index is 1.16. The van der Waals surface area contributed by atoms with Gasteiger partial charge in [-0.05, 0) is 60.3 Å². The zero-order chi connectivity index (χ0) is 28.4. The zero-order valence-corrected chi connectivity index (χ0v) is 21.9. The van der Waals surface area contributed by atoms with Crippen LogP contribution >= 0.6 is 0 Å². The summed E-state index contributed by atoms with van der Waals surface area (Å²) in [4.78, 5) is 11.7. The van der Waals surface area contributed by atoms with Gasteiger partial charge in [0.1, 0.15) is 5.75 Å². The van der Waals surface area contributed by atoms with E-state index in [0.717, 1.165) is 35.0 Å². The van der Waals surface area contributed by atoms with E-state index < -0.39 is 6.36 Å². The standard InChI is InChI=1S/C27H31F3N6O4/c1-38-17-19-8-18(9-22(10-19)40-27(28,29)30)14-31-4-2-3-6-39-7-5-32-24-11-20(12-25-23(24)16-34-35-25)21-13-26(37)36-33-15-21/h8-13,15-16,31-32H,2-7,14,17H2,1H3,(H,34,35)(H,36,37). The van der Waals surface area contributed by atoms with Crippen LogP contribution in [0, 0.1) is 0 Å². The molecule has 2 aromatic carbocycles. The second-order valence-corrected chi connectivity index (χ2v) is 9.08. The molecule has 40 heavy (non-hydrogen) atoms. The van der Waals surface area contributed by atoms with Crippen LogP contribution in [0.3, 0.4) is 0 Å². The number of anilines is 1. The van der Waals surface area contributed by atoms with Crippen LogP contribution in [0.4, 0.5) is 18.9 Å². The maximum Gasteiger partial charge on any atom is 0.573 e. The minimum atomic E-state index is -4.75. The fourth-order valence-corrected chi connectivity index (χ4v) is 4.22. The van der Waals surface area contributed by atoms with Crippen LogP contribution in [0.25, 0.3) is 22.0 Å². The Morgan fingerprint density at radius 2 is 1.73 bits per heavy atom. The van der Waals surface area contributed by atoms with Crippen molar-refractivity contribution in [2.45, 2.75) is 32.4 Å². The number of unbranched alkanes of at least 4 members (excludes halogenated alkanes) is 1. The summed E-state index contributed by atoms with van der Waals surface area (Å²) in [6, 6.07) is 9.84. The number of nitrogens with zero attached hydrogens (tertiary/aromatic N) is 2. The van der Waals surface area contributed by atoms with Crippen molar-refractivity contribution >= 4 is 16.6 Å². The maximum atomic E-state index is 12.6. The molecule has 0 radical (unpaired) electrons. The fourth-order valence-electron chi connectivity index (χ4n) is 4.22. The summed E-state index contributed by atoms with van der Waals surface area (Å²) in [5, 5.41) is 20.9. The Labute approximate surface area is 228 Å². The Hall–Kier alpha value is -3.94. The number of hydrogen-bond acceptors (Lipinski definition) is 8. The molecule has 13 heteroatoms. The van der Waals surface area contributed by atoms with Gasteiger partial charge in [-0.2, -0.15) is 10.2 Å². The third kappa shape index (κ3) is 8.79. The summed E-state index contributed by atoms with van der Waals surface area (Å²) in [6.45, 7) is 2.95. The van der Waals surface area contributed by atoms with E-state index in [1.54, 1.807) is 18.5 Å². The molecule has 10 nitrogen and oxygen atoms in total. The fraction of sp³-hybridized carbons (Fsp3) is 0.370. The van der Waals surface area contributed by atoms with Gasteiger partial charge in [0.2, 0.25) is 0 Å². The molecule has 0 aliphatic carbocycles. The van der Waals surface area contributed by atoms with Crippen molar-refractivity contribution in [3.63, 3.8) is 0 Å². The molecule has 0 aliphatic rings.